The number of benzene rings is 1. The summed E-state index contributed by atoms with van der Waals surface area (Å²) < 4.78 is 0. The van der Waals surface area contributed by atoms with Gasteiger partial charge in [-0.3, -0.25) is 0 Å². The van der Waals surface area contributed by atoms with E-state index in [1.807, 2.05) is 18.2 Å². The Morgan fingerprint density at radius 3 is 2.56 bits per heavy atom. The zero-order valence-corrected chi connectivity index (χ0v) is 12.3. The highest BCUT2D eigenvalue weighted by atomic mass is 35.5. The van der Waals surface area contributed by atoms with Crippen LogP contribution in [0.4, 0.5) is 11.4 Å². The molecular formula is C15H25ClN2. The second-order valence-corrected chi connectivity index (χ2v) is 5.63. The fraction of sp³-hybridized carbons (Fsp3) is 0.600. The minimum atomic E-state index is 0.704. The average Bonchev–Trinajstić information content (AvgIpc) is 2.30. The molecule has 0 amide bonds. The Balaban J connectivity index is 2.14. The molecular weight excluding hydrogens is 244 g/mol. The van der Waals surface area contributed by atoms with Crippen molar-refractivity contribution in [3.63, 3.8) is 0 Å². The summed E-state index contributed by atoms with van der Waals surface area (Å²) in [6.07, 6.45) is 6.43. The Bertz CT molecular complexity index is 330. The Morgan fingerprint density at radius 2 is 1.89 bits per heavy atom. The number of para-hydroxylation sites is 1. The fourth-order valence-electron chi connectivity index (χ4n) is 1.97. The van der Waals surface area contributed by atoms with Gasteiger partial charge in [-0.25, -0.2) is 0 Å². The van der Waals surface area contributed by atoms with Crippen LogP contribution in [0.2, 0.25) is 5.02 Å². The first kappa shape index (κ1) is 15.2. The summed E-state index contributed by atoms with van der Waals surface area (Å²) in [5.41, 5.74) is 7.47. The van der Waals surface area contributed by atoms with Crippen LogP contribution in [-0.4, -0.2) is 6.54 Å². The molecule has 0 aromatic heterocycles. The van der Waals surface area contributed by atoms with Gasteiger partial charge in [-0.15, -0.1) is 0 Å². The van der Waals surface area contributed by atoms with Crippen molar-refractivity contribution in [2.75, 3.05) is 17.6 Å². The Morgan fingerprint density at radius 1 is 1.17 bits per heavy atom. The van der Waals surface area contributed by atoms with Crippen LogP contribution in [0.25, 0.3) is 0 Å². The quantitative estimate of drug-likeness (QED) is 0.518. The summed E-state index contributed by atoms with van der Waals surface area (Å²) in [4.78, 5) is 0. The van der Waals surface area contributed by atoms with Gasteiger partial charge in [0.2, 0.25) is 0 Å². The number of anilines is 2. The average molecular weight is 269 g/mol. The Kier molecular flexibility index (Phi) is 6.96. The van der Waals surface area contributed by atoms with E-state index in [4.69, 9.17) is 17.3 Å². The molecule has 0 unspecified atom stereocenters. The largest absolute Gasteiger partial charge is 0.397 e. The third kappa shape index (κ3) is 5.63. The fourth-order valence-corrected chi connectivity index (χ4v) is 2.22. The summed E-state index contributed by atoms with van der Waals surface area (Å²) in [6, 6.07) is 5.61. The van der Waals surface area contributed by atoms with Gasteiger partial charge in [0.05, 0.1) is 16.4 Å². The highest BCUT2D eigenvalue weighted by molar-refractivity contribution is 6.33. The minimum Gasteiger partial charge on any atom is -0.397 e. The molecule has 0 heterocycles. The smallest absolute Gasteiger partial charge is 0.0763 e. The van der Waals surface area contributed by atoms with E-state index in [-0.39, 0.29) is 0 Å². The van der Waals surface area contributed by atoms with E-state index < -0.39 is 0 Å². The molecule has 0 saturated carbocycles. The number of hydrogen-bond donors (Lipinski definition) is 2. The number of nitrogens with two attached hydrogens (primary N) is 1. The molecule has 0 aliphatic heterocycles. The number of unbranched alkanes of at least 4 members (excludes halogenated alkanes) is 3. The lowest BCUT2D eigenvalue weighted by atomic mass is 10.0. The van der Waals surface area contributed by atoms with E-state index >= 15 is 0 Å². The molecule has 0 saturated heterocycles. The van der Waals surface area contributed by atoms with Gasteiger partial charge >= 0.3 is 0 Å². The van der Waals surface area contributed by atoms with Crippen molar-refractivity contribution in [2.45, 2.75) is 46.0 Å². The molecule has 3 heteroatoms. The standard InChI is InChI=1S/C15H25ClN2/c1-12(2)8-5-3-4-6-11-18-15-13(16)9-7-10-14(15)17/h7,9-10,12,18H,3-6,8,11,17H2,1-2H3. The van der Waals surface area contributed by atoms with Crippen LogP contribution in [0, 0.1) is 5.92 Å². The first-order valence-corrected chi connectivity index (χ1v) is 7.27. The van der Waals surface area contributed by atoms with Crippen molar-refractivity contribution in [3.8, 4) is 0 Å². The third-order valence-electron chi connectivity index (χ3n) is 3.06. The van der Waals surface area contributed by atoms with Crippen LogP contribution in [0.15, 0.2) is 18.2 Å². The number of nitrogens with one attached hydrogen (secondary N) is 1. The topological polar surface area (TPSA) is 38.0 Å². The van der Waals surface area contributed by atoms with E-state index in [1.54, 1.807) is 0 Å². The number of halogens is 1. The monoisotopic (exact) mass is 268 g/mol. The van der Waals surface area contributed by atoms with Crippen LogP contribution >= 0.6 is 11.6 Å². The summed E-state index contributed by atoms with van der Waals surface area (Å²) in [6.45, 7) is 5.50. The maximum atomic E-state index is 6.08. The van der Waals surface area contributed by atoms with Gasteiger partial charge in [-0.2, -0.15) is 0 Å². The van der Waals surface area contributed by atoms with Crippen molar-refractivity contribution in [1.29, 1.82) is 0 Å². The van der Waals surface area contributed by atoms with Crippen LogP contribution in [0.5, 0.6) is 0 Å². The van der Waals surface area contributed by atoms with Gasteiger partial charge in [0, 0.05) is 6.54 Å². The van der Waals surface area contributed by atoms with E-state index in [9.17, 15) is 0 Å². The highest BCUT2D eigenvalue weighted by Gasteiger charge is 2.02. The molecule has 102 valence electrons. The minimum absolute atomic E-state index is 0.704. The third-order valence-corrected chi connectivity index (χ3v) is 3.37. The van der Waals surface area contributed by atoms with Crippen molar-refractivity contribution in [3.05, 3.63) is 23.2 Å². The second kappa shape index (κ2) is 8.25. The molecule has 0 spiro atoms. The van der Waals surface area contributed by atoms with Crippen molar-refractivity contribution < 1.29 is 0 Å². The molecule has 0 aliphatic rings. The van der Waals surface area contributed by atoms with E-state index in [1.165, 1.54) is 32.1 Å². The Labute approximate surface area is 116 Å². The molecule has 3 N–H and O–H groups in total. The molecule has 18 heavy (non-hydrogen) atoms. The first-order chi connectivity index (χ1) is 8.61. The summed E-state index contributed by atoms with van der Waals surface area (Å²) in [7, 11) is 0. The summed E-state index contributed by atoms with van der Waals surface area (Å²) in [5.74, 6) is 0.825. The summed E-state index contributed by atoms with van der Waals surface area (Å²) in [5, 5.41) is 4.03. The lowest BCUT2D eigenvalue weighted by Gasteiger charge is -2.11. The number of rotatable bonds is 8. The zero-order chi connectivity index (χ0) is 13.4. The molecule has 1 aromatic carbocycles. The van der Waals surface area contributed by atoms with Gasteiger partial charge in [0.15, 0.2) is 0 Å². The lowest BCUT2D eigenvalue weighted by Crippen LogP contribution is -2.04. The normalized spacial score (nSPS) is 10.9. The number of hydrogen-bond acceptors (Lipinski definition) is 2. The van der Waals surface area contributed by atoms with Crippen LogP contribution in [0.1, 0.15) is 46.0 Å². The maximum absolute atomic E-state index is 6.08. The molecule has 0 bridgehead atoms. The predicted molar refractivity (Wildman–Crippen MR) is 82.3 cm³/mol. The molecule has 0 radical (unpaired) electrons. The predicted octanol–water partition coefficient (Wildman–Crippen LogP) is 4.94. The lowest BCUT2D eigenvalue weighted by molar-refractivity contribution is 0.523. The van der Waals surface area contributed by atoms with E-state index in [2.05, 4.69) is 19.2 Å². The van der Waals surface area contributed by atoms with E-state index in [0.717, 1.165) is 23.8 Å². The van der Waals surface area contributed by atoms with Crippen LogP contribution in [0.3, 0.4) is 0 Å². The first-order valence-electron chi connectivity index (χ1n) is 6.89. The van der Waals surface area contributed by atoms with E-state index in [0.29, 0.717) is 5.02 Å². The van der Waals surface area contributed by atoms with Crippen LogP contribution in [-0.2, 0) is 0 Å². The second-order valence-electron chi connectivity index (χ2n) is 5.23. The summed E-state index contributed by atoms with van der Waals surface area (Å²) >= 11 is 6.08. The van der Waals surface area contributed by atoms with Crippen molar-refractivity contribution >= 4 is 23.0 Å². The molecule has 2 nitrogen and oxygen atoms in total. The van der Waals surface area contributed by atoms with Gasteiger partial charge in [0.1, 0.15) is 0 Å². The Hall–Kier alpha value is -0.890. The van der Waals surface area contributed by atoms with Gasteiger partial charge in [-0.05, 0) is 24.5 Å². The van der Waals surface area contributed by atoms with Crippen molar-refractivity contribution in [2.24, 2.45) is 5.92 Å². The van der Waals surface area contributed by atoms with Crippen LogP contribution < -0.4 is 11.1 Å². The molecule has 1 rings (SSSR count). The SMILES string of the molecule is CC(C)CCCCCCNc1c(N)cccc1Cl. The highest BCUT2D eigenvalue weighted by Crippen LogP contribution is 2.27. The zero-order valence-electron chi connectivity index (χ0n) is 11.5. The van der Waals surface area contributed by atoms with Gasteiger partial charge < -0.3 is 11.1 Å². The molecule has 1 aromatic rings. The maximum Gasteiger partial charge on any atom is 0.0763 e. The van der Waals surface area contributed by atoms with Gasteiger partial charge in [-0.1, -0.05) is 57.2 Å². The number of nitrogen functional groups attached to an aromatic ring is 1. The molecule has 0 atom stereocenters. The van der Waals surface area contributed by atoms with Gasteiger partial charge in [0.25, 0.3) is 0 Å². The molecule has 0 fully saturated rings. The molecule has 0 aliphatic carbocycles. The van der Waals surface area contributed by atoms with Crippen molar-refractivity contribution in [1.82, 2.24) is 0 Å².